The molecule has 0 amide bonds. The van der Waals surface area contributed by atoms with Crippen LogP contribution in [0.1, 0.15) is 56.8 Å². The number of carbonyl (C=O) groups excluding carboxylic acids is 2. The van der Waals surface area contributed by atoms with E-state index in [4.69, 9.17) is 14.2 Å². The molecule has 1 aliphatic rings. The third-order valence-electron chi connectivity index (χ3n) is 6.60. The summed E-state index contributed by atoms with van der Waals surface area (Å²) >= 11 is 1.41. The number of aromatic nitrogens is 1. The van der Waals surface area contributed by atoms with Crippen molar-refractivity contribution in [2.24, 2.45) is 0 Å². The quantitative estimate of drug-likeness (QED) is 0.189. The largest absolute Gasteiger partial charge is 0.496 e. The minimum Gasteiger partial charge on any atom is -0.496 e. The van der Waals surface area contributed by atoms with Crippen LogP contribution in [0, 0.1) is 6.92 Å². The van der Waals surface area contributed by atoms with Gasteiger partial charge < -0.3 is 19.5 Å². The zero-order valence-corrected chi connectivity index (χ0v) is 23.8. The van der Waals surface area contributed by atoms with Crippen molar-refractivity contribution < 1.29 is 23.8 Å². The number of rotatable bonds is 7. The van der Waals surface area contributed by atoms with Gasteiger partial charge in [-0.15, -0.1) is 11.3 Å². The highest BCUT2D eigenvalue weighted by Crippen LogP contribution is 2.43. The van der Waals surface area contributed by atoms with Crippen molar-refractivity contribution in [3.8, 4) is 22.6 Å². The Morgan fingerprint density at radius 1 is 1.00 bits per heavy atom. The van der Waals surface area contributed by atoms with Crippen LogP contribution in [-0.2, 0) is 11.3 Å². The minimum atomic E-state index is -0.512. The molecule has 7 nitrogen and oxygen atoms in total. The highest BCUT2D eigenvalue weighted by Gasteiger charge is 2.27. The lowest BCUT2D eigenvalue weighted by atomic mass is 9.85. The van der Waals surface area contributed by atoms with Gasteiger partial charge in [-0.05, 0) is 81.3 Å². The summed E-state index contributed by atoms with van der Waals surface area (Å²) in [7, 11) is 1.57. The number of nitrogens with zero attached hydrogens (tertiary/aromatic N) is 1. The molecule has 0 fully saturated rings. The summed E-state index contributed by atoms with van der Waals surface area (Å²) in [5.74, 6) is -0.0175. The van der Waals surface area contributed by atoms with Crippen LogP contribution >= 0.6 is 11.3 Å². The lowest BCUT2D eigenvalue weighted by Gasteiger charge is -2.33. The Morgan fingerprint density at radius 2 is 1.80 bits per heavy atom. The van der Waals surface area contributed by atoms with E-state index in [1.54, 1.807) is 43.6 Å². The van der Waals surface area contributed by atoms with Gasteiger partial charge in [0.25, 0.3) is 0 Å². The molecule has 0 bridgehead atoms. The molecule has 5 rings (SSSR count). The van der Waals surface area contributed by atoms with Crippen molar-refractivity contribution in [2.75, 3.05) is 12.4 Å². The fourth-order valence-electron chi connectivity index (χ4n) is 4.96. The standard InChI is InChI=1S/C32H30N2O5S/c1-19-16-32(3,4)34-26-12-11-23(25(29(19)26)18-38-31(36)28-13-8-20(2)40-28)24-10-9-22(15-27(24)37-5)39-30(35)21-7-6-14-33-17-21/h6-17,34H,18H2,1-5H3. The molecule has 0 radical (unpaired) electrons. The molecule has 0 saturated heterocycles. The number of benzene rings is 2. The average molecular weight is 555 g/mol. The number of methoxy groups -OCH3 is 1. The van der Waals surface area contributed by atoms with Crippen molar-refractivity contribution in [3.05, 3.63) is 99.5 Å². The zero-order valence-electron chi connectivity index (χ0n) is 23.0. The highest BCUT2D eigenvalue weighted by atomic mass is 32.1. The summed E-state index contributed by atoms with van der Waals surface area (Å²) in [6.45, 7) is 8.32. The maximum absolute atomic E-state index is 12.9. The van der Waals surface area contributed by atoms with E-state index in [-0.39, 0.29) is 18.1 Å². The average Bonchev–Trinajstić information content (AvgIpc) is 3.37. The van der Waals surface area contributed by atoms with Crippen molar-refractivity contribution in [1.29, 1.82) is 0 Å². The van der Waals surface area contributed by atoms with Crippen LogP contribution in [0.2, 0.25) is 0 Å². The van der Waals surface area contributed by atoms with Crippen LogP contribution in [0.15, 0.2) is 73.1 Å². The lowest BCUT2D eigenvalue weighted by molar-refractivity contribution is 0.0478. The highest BCUT2D eigenvalue weighted by molar-refractivity contribution is 7.13. The van der Waals surface area contributed by atoms with Gasteiger partial charge in [-0.3, -0.25) is 4.98 Å². The Morgan fingerprint density at radius 3 is 2.50 bits per heavy atom. The van der Waals surface area contributed by atoms with Gasteiger partial charge >= 0.3 is 11.9 Å². The summed E-state index contributed by atoms with van der Waals surface area (Å²) < 4.78 is 17.2. The molecule has 3 heterocycles. The molecule has 1 aliphatic heterocycles. The predicted molar refractivity (Wildman–Crippen MR) is 157 cm³/mol. The third-order valence-corrected chi connectivity index (χ3v) is 7.58. The monoisotopic (exact) mass is 554 g/mol. The number of ether oxygens (including phenoxy) is 3. The van der Waals surface area contributed by atoms with Gasteiger partial charge in [0, 0.05) is 45.7 Å². The second-order valence-corrected chi connectivity index (χ2v) is 11.5. The van der Waals surface area contributed by atoms with E-state index in [0.717, 1.165) is 38.4 Å². The van der Waals surface area contributed by atoms with Gasteiger partial charge in [0.2, 0.25) is 0 Å². The van der Waals surface area contributed by atoms with Crippen molar-refractivity contribution in [1.82, 2.24) is 4.98 Å². The fourth-order valence-corrected chi connectivity index (χ4v) is 5.72. The first-order chi connectivity index (χ1) is 19.1. The van der Waals surface area contributed by atoms with Crippen LogP contribution in [-0.4, -0.2) is 29.6 Å². The number of allylic oxidation sites excluding steroid dienone is 1. The van der Waals surface area contributed by atoms with Crippen LogP contribution in [0.3, 0.4) is 0 Å². The van der Waals surface area contributed by atoms with Crippen molar-refractivity contribution in [3.63, 3.8) is 0 Å². The van der Waals surface area contributed by atoms with Gasteiger partial charge in [-0.2, -0.15) is 0 Å². The number of aryl methyl sites for hydroxylation is 1. The Bertz CT molecular complexity index is 1620. The van der Waals surface area contributed by atoms with E-state index < -0.39 is 5.97 Å². The molecule has 0 spiro atoms. The molecule has 2 aromatic carbocycles. The summed E-state index contributed by atoms with van der Waals surface area (Å²) in [5.41, 5.74) is 5.65. The number of hydrogen-bond acceptors (Lipinski definition) is 8. The second kappa shape index (κ2) is 11.0. The number of nitrogens with one attached hydrogen (secondary N) is 1. The third kappa shape index (κ3) is 5.62. The Hall–Kier alpha value is -4.43. The predicted octanol–water partition coefficient (Wildman–Crippen LogP) is 7.31. The smallest absolute Gasteiger partial charge is 0.348 e. The van der Waals surface area contributed by atoms with E-state index in [1.165, 1.54) is 17.5 Å². The van der Waals surface area contributed by atoms with Crippen LogP contribution < -0.4 is 14.8 Å². The molecule has 0 atom stereocenters. The number of hydrogen-bond donors (Lipinski definition) is 1. The van der Waals surface area contributed by atoms with Gasteiger partial charge in [0.05, 0.1) is 18.2 Å². The molecule has 4 aromatic rings. The van der Waals surface area contributed by atoms with Gasteiger partial charge in [0.15, 0.2) is 0 Å². The summed E-state index contributed by atoms with van der Waals surface area (Å²) in [4.78, 5) is 31.1. The number of fused-ring (bicyclic) bond motifs is 1. The number of anilines is 1. The van der Waals surface area contributed by atoms with E-state index in [2.05, 4.69) is 37.1 Å². The minimum absolute atomic E-state index is 0.0719. The maximum Gasteiger partial charge on any atom is 0.348 e. The molecule has 8 heteroatoms. The molecule has 0 unspecified atom stereocenters. The Kier molecular flexibility index (Phi) is 7.45. The number of carbonyl (C=O) groups is 2. The summed E-state index contributed by atoms with van der Waals surface area (Å²) in [5, 5.41) is 3.57. The topological polar surface area (TPSA) is 86.8 Å². The molecular weight excluding hydrogens is 524 g/mol. The zero-order chi connectivity index (χ0) is 28.4. The molecular formula is C32H30N2O5S. The first-order valence-electron chi connectivity index (χ1n) is 12.8. The van der Waals surface area contributed by atoms with Gasteiger partial charge in [0.1, 0.15) is 23.0 Å². The van der Waals surface area contributed by atoms with Gasteiger partial charge in [-0.1, -0.05) is 12.1 Å². The van der Waals surface area contributed by atoms with Crippen LogP contribution in [0.25, 0.3) is 16.7 Å². The van der Waals surface area contributed by atoms with E-state index >= 15 is 0 Å². The first kappa shape index (κ1) is 27.1. The normalized spacial score (nSPS) is 13.5. The van der Waals surface area contributed by atoms with Crippen molar-refractivity contribution in [2.45, 2.75) is 39.8 Å². The lowest BCUT2D eigenvalue weighted by Crippen LogP contribution is -2.32. The first-order valence-corrected chi connectivity index (χ1v) is 13.6. The number of thiophene rings is 1. The van der Waals surface area contributed by atoms with E-state index in [1.807, 2.05) is 31.2 Å². The number of pyridine rings is 1. The number of esters is 2. The summed E-state index contributed by atoms with van der Waals surface area (Å²) in [6.07, 6.45) is 5.22. The molecule has 0 aliphatic carbocycles. The Labute approximate surface area is 237 Å². The van der Waals surface area contributed by atoms with Gasteiger partial charge in [-0.25, -0.2) is 9.59 Å². The molecule has 0 saturated carbocycles. The SMILES string of the molecule is COc1cc(OC(=O)c2cccnc2)ccc1-c1ccc2c(c1COC(=O)c1ccc(C)s1)C(C)=CC(C)(C)N2. The molecule has 2 aromatic heterocycles. The molecule has 40 heavy (non-hydrogen) atoms. The Balaban J connectivity index is 1.53. The second-order valence-electron chi connectivity index (χ2n) is 10.2. The van der Waals surface area contributed by atoms with Crippen LogP contribution in [0.5, 0.6) is 11.5 Å². The molecule has 1 N–H and O–H groups in total. The fraction of sp³-hybridized carbons (Fsp3) is 0.219. The van der Waals surface area contributed by atoms with E-state index in [0.29, 0.717) is 21.9 Å². The maximum atomic E-state index is 12.9. The molecule has 204 valence electrons. The van der Waals surface area contributed by atoms with E-state index in [9.17, 15) is 9.59 Å². The summed E-state index contributed by atoms with van der Waals surface area (Å²) in [6, 6.07) is 16.3. The van der Waals surface area contributed by atoms with Crippen LogP contribution in [0.4, 0.5) is 5.69 Å². The van der Waals surface area contributed by atoms with Crippen molar-refractivity contribution >= 4 is 34.5 Å².